The van der Waals surface area contributed by atoms with Gasteiger partial charge in [-0.05, 0) is 43.2 Å². The van der Waals surface area contributed by atoms with E-state index in [9.17, 15) is 4.79 Å². The van der Waals surface area contributed by atoms with Gasteiger partial charge in [-0.15, -0.1) is 0 Å². The molecule has 2 atom stereocenters. The molecule has 28 heavy (non-hydrogen) atoms. The van der Waals surface area contributed by atoms with Crippen molar-refractivity contribution < 1.29 is 4.79 Å². The van der Waals surface area contributed by atoms with Crippen LogP contribution in [0.25, 0.3) is 0 Å². The zero-order valence-electron chi connectivity index (χ0n) is 16.8. The number of piperazine rings is 1. The summed E-state index contributed by atoms with van der Waals surface area (Å²) < 4.78 is 0. The minimum absolute atomic E-state index is 0.0937. The minimum Gasteiger partial charge on any atom is -0.360 e. The summed E-state index contributed by atoms with van der Waals surface area (Å²) in [6.07, 6.45) is 2.14. The Morgan fingerprint density at radius 1 is 1.18 bits per heavy atom. The van der Waals surface area contributed by atoms with Gasteiger partial charge in [-0.25, -0.2) is 0 Å². The first-order valence-electron chi connectivity index (χ1n) is 10.2. The molecule has 0 bridgehead atoms. The van der Waals surface area contributed by atoms with Crippen LogP contribution in [0.1, 0.15) is 12.5 Å². The van der Waals surface area contributed by atoms with Crippen molar-refractivity contribution >= 4 is 23.3 Å². The van der Waals surface area contributed by atoms with Crippen molar-refractivity contribution in [3.63, 3.8) is 0 Å². The monoisotopic (exact) mass is 378 g/mol. The Labute approximate surface area is 167 Å². The molecule has 5 heteroatoms. The van der Waals surface area contributed by atoms with E-state index in [1.807, 2.05) is 6.07 Å². The third-order valence-corrected chi connectivity index (χ3v) is 5.99. The molecule has 0 aliphatic carbocycles. The molecule has 5 nitrogen and oxygen atoms in total. The number of carbonyl (C=O) groups excluding carboxylic acids is 1. The van der Waals surface area contributed by atoms with Crippen LogP contribution in [0.4, 0.5) is 17.1 Å². The number of aldehydes is 1. The first-order valence-corrected chi connectivity index (χ1v) is 10.2. The normalized spacial score (nSPS) is 20.6. The van der Waals surface area contributed by atoms with Crippen molar-refractivity contribution in [3.8, 4) is 0 Å². The highest BCUT2D eigenvalue weighted by Crippen LogP contribution is 2.35. The van der Waals surface area contributed by atoms with Gasteiger partial charge in [0.2, 0.25) is 0 Å². The maximum Gasteiger partial charge on any atom is 0.143 e. The van der Waals surface area contributed by atoms with Crippen LogP contribution >= 0.6 is 0 Å². The molecule has 1 fully saturated rings. The van der Waals surface area contributed by atoms with E-state index >= 15 is 0 Å². The topological polar surface area (TPSA) is 38.8 Å². The number of para-hydroxylation sites is 1. The van der Waals surface area contributed by atoms with Crippen molar-refractivity contribution in [1.29, 1.82) is 0 Å². The van der Waals surface area contributed by atoms with Crippen LogP contribution in [-0.2, 0) is 11.2 Å². The Balaban J connectivity index is 1.54. The van der Waals surface area contributed by atoms with E-state index in [0.29, 0.717) is 6.04 Å². The Hall–Kier alpha value is -2.37. The summed E-state index contributed by atoms with van der Waals surface area (Å²) in [5, 5.41) is 3.47. The Morgan fingerprint density at radius 3 is 2.75 bits per heavy atom. The van der Waals surface area contributed by atoms with Crippen molar-refractivity contribution in [3.05, 3.63) is 54.1 Å². The molecule has 1 N–H and O–H groups in total. The molecule has 148 valence electrons. The lowest BCUT2D eigenvalue weighted by Gasteiger charge is -2.36. The standard InChI is InChI=1S/C23H30N4O/c1-18-15-26(13-11-24-18)16-22(17-28)27-12-10-19-8-9-21(14-23(19)27)25(2)20-6-4-3-5-7-20/h3-9,14,17-18,22,24H,10-13,15-16H2,1-2H3. The van der Waals surface area contributed by atoms with Gasteiger partial charge in [-0.3, -0.25) is 4.90 Å². The molecule has 0 saturated carbocycles. The van der Waals surface area contributed by atoms with Crippen LogP contribution in [0, 0.1) is 0 Å². The SMILES string of the molecule is CC1CN(CC(C=O)N2CCc3ccc(N(C)c4ccccc4)cc32)CCN1. The number of hydrogen-bond acceptors (Lipinski definition) is 5. The van der Waals surface area contributed by atoms with E-state index < -0.39 is 0 Å². The first kappa shape index (κ1) is 19.0. The van der Waals surface area contributed by atoms with Crippen LogP contribution < -0.4 is 15.1 Å². The van der Waals surface area contributed by atoms with E-state index in [1.54, 1.807) is 0 Å². The number of nitrogens with one attached hydrogen (secondary N) is 1. The summed E-state index contributed by atoms with van der Waals surface area (Å²) in [5.74, 6) is 0. The molecule has 2 aromatic carbocycles. The van der Waals surface area contributed by atoms with E-state index in [0.717, 1.165) is 56.8 Å². The lowest BCUT2D eigenvalue weighted by Crippen LogP contribution is -2.53. The highest BCUT2D eigenvalue weighted by molar-refractivity contribution is 5.75. The van der Waals surface area contributed by atoms with Crippen molar-refractivity contribution in [1.82, 2.24) is 10.2 Å². The van der Waals surface area contributed by atoms with E-state index in [-0.39, 0.29) is 6.04 Å². The second kappa shape index (κ2) is 8.33. The van der Waals surface area contributed by atoms with Gasteiger partial charge in [0.1, 0.15) is 6.29 Å². The average Bonchev–Trinajstić information content (AvgIpc) is 3.15. The summed E-state index contributed by atoms with van der Waals surface area (Å²) in [7, 11) is 2.09. The van der Waals surface area contributed by atoms with Crippen LogP contribution in [0.2, 0.25) is 0 Å². The Kier molecular flexibility index (Phi) is 5.64. The van der Waals surface area contributed by atoms with E-state index in [4.69, 9.17) is 0 Å². The highest BCUT2D eigenvalue weighted by atomic mass is 16.1. The molecule has 2 aliphatic rings. The average molecular weight is 379 g/mol. The predicted molar refractivity (Wildman–Crippen MR) is 116 cm³/mol. The largest absolute Gasteiger partial charge is 0.360 e. The molecule has 0 amide bonds. The number of hydrogen-bond donors (Lipinski definition) is 1. The molecular formula is C23H30N4O. The summed E-state index contributed by atoms with van der Waals surface area (Å²) >= 11 is 0. The summed E-state index contributed by atoms with van der Waals surface area (Å²) in [4.78, 5) is 18.9. The molecule has 4 rings (SSSR count). The van der Waals surface area contributed by atoms with E-state index in [1.165, 1.54) is 11.3 Å². The fraction of sp³-hybridized carbons (Fsp3) is 0.435. The molecular weight excluding hydrogens is 348 g/mol. The predicted octanol–water partition coefficient (Wildman–Crippen LogP) is 2.68. The highest BCUT2D eigenvalue weighted by Gasteiger charge is 2.29. The lowest BCUT2D eigenvalue weighted by molar-refractivity contribution is -0.109. The van der Waals surface area contributed by atoms with Crippen molar-refractivity contribution in [2.45, 2.75) is 25.4 Å². The van der Waals surface area contributed by atoms with Crippen LogP contribution in [0.15, 0.2) is 48.5 Å². The summed E-state index contributed by atoms with van der Waals surface area (Å²) in [5.41, 5.74) is 4.86. The van der Waals surface area contributed by atoms with Gasteiger partial charge in [0, 0.05) is 62.9 Å². The molecule has 2 unspecified atom stereocenters. The first-order chi connectivity index (χ1) is 13.7. The molecule has 0 radical (unpaired) electrons. The minimum atomic E-state index is -0.0937. The van der Waals surface area contributed by atoms with Crippen LogP contribution in [0.3, 0.4) is 0 Å². The maximum atomic E-state index is 12.0. The maximum absolute atomic E-state index is 12.0. The zero-order chi connectivity index (χ0) is 19.5. The third-order valence-electron chi connectivity index (χ3n) is 5.99. The summed E-state index contributed by atoms with van der Waals surface area (Å²) in [6.45, 7) is 6.93. The second-order valence-electron chi connectivity index (χ2n) is 7.97. The van der Waals surface area contributed by atoms with Crippen molar-refractivity contribution in [2.75, 3.05) is 49.6 Å². The van der Waals surface area contributed by atoms with E-state index in [2.05, 4.69) is 76.5 Å². The van der Waals surface area contributed by atoms with Gasteiger partial charge in [-0.1, -0.05) is 24.3 Å². The fourth-order valence-corrected chi connectivity index (χ4v) is 4.40. The molecule has 0 aromatic heterocycles. The smallest absolute Gasteiger partial charge is 0.143 e. The number of nitrogens with zero attached hydrogens (tertiary/aromatic N) is 3. The quantitative estimate of drug-likeness (QED) is 0.783. The lowest BCUT2D eigenvalue weighted by atomic mass is 10.1. The molecule has 2 aliphatic heterocycles. The van der Waals surface area contributed by atoms with Crippen molar-refractivity contribution in [2.24, 2.45) is 0 Å². The summed E-state index contributed by atoms with van der Waals surface area (Å²) in [6, 6.07) is 17.4. The number of benzene rings is 2. The Bertz CT molecular complexity index is 810. The van der Waals surface area contributed by atoms with Gasteiger partial charge >= 0.3 is 0 Å². The fourth-order valence-electron chi connectivity index (χ4n) is 4.40. The number of rotatable bonds is 6. The van der Waals surface area contributed by atoms with Gasteiger partial charge in [0.25, 0.3) is 0 Å². The Morgan fingerprint density at radius 2 is 2.00 bits per heavy atom. The number of fused-ring (bicyclic) bond motifs is 1. The van der Waals surface area contributed by atoms with Gasteiger partial charge in [-0.2, -0.15) is 0 Å². The molecule has 0 spiro atoms. The third kappa shape index (κ3) is 3.91. The van der Waals surface area contributed by atoms with Gasteiger partial charge in [0.15, 0.2) is 0 Å². The second-order valence-corrected chi connectivity index (χ2v) is 7.97. The molecule has 2 heterocycles. The molecule has 2 aromatic rings. The zero-order valence-corrected chi connectivity index (χ0v) is 16.8. The number of carbonyl (C=O) groups is 1. The van der Waals surface area contributed by atoms with Crippen LogP contribution in [-0.4, -0.2) is 63.0 Å². The van der Waals surface area contributed by atoms with Gasteiger partial charge in [0.05, 0.1) is 6.04 Å². The molecule has 1 saturated heterocycles. The van der Waals surface area contributed by atoms with Crippen LogP contribution in [0.5, 0.6) is 0 Å². The van der Waals surface area contributed by atoms with Gasteiger partial charge < -0.3 is 19.9 Å². The number of anilines is 3.